The Bertz CT molecular complexity index is 375. The number of likely N-dealkylation sites (N-methyl/N-ethyl adjacent to an activating group) is 1. The van der Waals surface area contributed by atoms with E-state index in [1.807, 2.05) is 0 Å². The molecule has 0 bridgehead atoms. The highest BCUT2D eigenvalue weighted by Crippen LogP contribution is 2.00. The van der Waals surface area contributed by atoms with E-state index in [1.165, 1.54) is 0 Å². The van der Waals surface area contributed by atoms with Crippen molar-refractivity contribution < 1.29 is 9.53 Å². The molecule has 1 aliphatic rings. The topological polar surface area (TPSA) is 45.7 Å². The van der Waals surface area contributed by atoms with E-state index in [9.17, 15) is 4.79 Å². The van der Waals surface area contributed by atoms with E-state index in [2.05, 4.69) is 21.8 Å². The van der Waals surface area contributed by atoms with Crippen molar-refractivity contribution in [1.82, 2.24) is 14.8 Å². The summed E-state index contributed by atoms with van der Waals surface area (Å²) < 4.78 is 5.20. The van der Waals surface area contributed by atoms with Gasteiger partial charge >= 0.3 is 5.97 Å². The number of aromatic nitrogens is 1. The highest BCUT2D eigenvalue weighted by molar-refractivity contribution is 5.87. The lowest BCUT2D eigenvalue weighted by molar-refractivity contribution is 0.0426. The van der Waals surface area contributed by atoms with Crippen molar-refractivity contribution in [2.45, 2.75) is 0 Å². The molecule has 0 amide bonds. The molecule has 0 atom stereocenters. The molecule has 5 heteroatoms. The first-order valence-corrected chi connectivity index (χ1v) is 6.25. The first-order valence-electron chi connectivity index (χ1n) is 6.25. The number of carbonyl (C=O) groups is 1. The molecule has 0 N–H and O–H groups in total. The Morgan fingerprint density at radius 1 is 1.33 bits per heavy atom. The fourth-order valence-corrected chi connectivity index (χ4v) is 1.90. The van der Waals surface area contributed by atoms with Crippen molar-refractivity contribution in [2.75, 3.05) is 46.4 Å². The first kappa shape index (κ1) is 13.0. The van der Waals surface area contributed by atoms with Gasteiger partial charge in [-0.05, 0) is 19.2 Å². The van der Waals surface area contributed by atoms with E-state index >= 15 is 0 Å². The normalized spacial score (nSPS) is 17.6. The number of esters is 1. The summed E-state index contributed by atoms with van der Waals surface area (Å²) >= 11 is 0. The van der Waals surface area contributed by atoms with Crippen molar-refractivity contribution in [2.24, 2.45) is 0 Å². The molecule has 2 rings (SSSR count). The Morgan fingerprint density at radius 3 is 2.78 bits per heavy atom. The number of carbonyl (C=O) groups excluding carboxylic acids is 1. The Labute approximate surface area is 107 Å². The van der Waals surface area contributed by atoms with Gasteiger partial charge in [0.15, 0.2) is 0 Å². The SMILES string of the molecule is CN1CCN(CCOC(=O)c2ccccn2)CC1. The lowest BCUT2D eigenvalue weighted by Gasteiger charge is -2.31. The standard InChI is InChI=1S/C13H19N3O2/c1-15-6-8-16(9-7-15)10-11-18-13(17)12-4-2-3-5-14-12/h2-5H,6-11H2,1H3. The number of hydrogen-bond acceptors (Lipinski definition) is 5. The summed E-state index contributed by atoms with van der Waals surface area (Å²) in [6.07, 6.45) is 1.59. The largest absolute Gasteiger partial charge is 0.460 e. The molecule has 1 fully saturated rings. The maximum absolute atomic E-state index is 11.6. The van der Waals surface area contributed by atoms with Crippen LogP contribution in [0.2, 0.25) is 0 Å². The molecular formula is C13H19N3O2. The summed E-state index contributed by atoms with van der Waals surface area (Å²) in [5, 5.41) is 0. The van der Waals surface area contributed by atoms with Gasteiger partial charge in [0.1, 0.15) is 12.3 Å². The summed E-state index contributed by atoms with van der Waals surface area (Å²) in [5.41, 5.74) is 0.371. The molecule has 0 aliphatic carbocycles. The predicted molar refractivity (Wildman–Crippen MR) is 68.5 cm³/mol. The van der Waals surface area contributed by atoms with E-state index in [1.54, 1.807) is 24.4 Å². The third-order valence-electron chi connectivity index (χ3n) is 3.11. The molecule has 0 radical (unpaired) electrons. The van der Waals surface area contributed by atoms with Gasteiger partial charge in [-0.15, -0.1) is 0 Å². The second-order valence-electron chi connectivity index (χ2n) is 4.50. The molecule has 1 aromatic rings. The van der Waals surface area contributed by atoms with E-state index in [0.29, 0.717) is 12.3 Å². The van der Waals surface area contributed by atoms with Crippen LogP contribution in [0.5, 0.6) is 0 Å². The Hall–Kier alpha value is -1.46. The Kier molecular flexibility index (Phi) is 4.66. The van der Waals surface area contributed by atoms with Crippen LogP contribution in [0.4, 0.5) is 0 Å². The summed E-state index contributed by atoms with van der Waals surface area (Å²) in [5.74, 6) is -0.343. The third-order valence-corrected chi connectivity index (χ3v) is 3.11. The summed E-state index contributed by atoms with van der Waals surface area (Å²) in [7, 11) is 2.12. The van der Waals surface area contributed by atoms with Crippen LogP contribution in [0.1, 0.15) is 10.5 Å². The number of rotatable bonds is 4. The molecule has 98 valence electrons. The second kappa shape index (κ2) is 6.47. The zero-order valence-electron chi connectivity index (χ0n) is 10.7. The molecule has 0 saturated carbocycles. The fourth-order valence-electron chi connectivity index (χ4n) is 1.90. The first-order chi connectivity index (χ1) is 8.75. The molecule has 2 heterocycles. The second-order valence-corrected chi connectivity index (χ2v) is 4.50. The van der Waals surface area contributed by atoms with Gasteiger partial charge in [0, 0.05) is 38.9 Å². The smallest absolute Gasteiger partial charge is 0.356 e. The van der Waals surface area contributed by atoms with Crippen molar-refractivity contribution in [3.8, 4) is 0 Å². The van der Waals surface area contributed by atoms with Crippen LogP contribution in [-0.2, 0) is 4.74 Å². The van der Waals surface area contributed by atoms with Gasteiger partial charge < -0.3 is 9.64 Å². The maximum Gasteiger partial charge on any atom is 0.356 e. The Balaban J connectivity index is 1.68. The van der Waals surface area contributed by atoms with Gasteiger partial charge in [-0.25, -0.2) is 9.78 Å². The van der Waals surface area contributed by atoms with E-state index in [0.717, 1.165) is 32.7 Å². The monoisotopic (exact) mass is 249 g/mol. The van der Waals surface area contributed by atoms with Crippen molar-refractivity contribution in [1.29, 1.82) is 0 Å². The number of hydrogen-bond donors (Lipinski definition) is 0. The minimum Gasteiger partial charge on any atom is -0.460 e. The highest BCUT2D eigenvalue weighted by Gasteiger charge is 2.14. The third kappa shape index (κ3) is 3.78. The highest BCUT2D eigenvalue weighted by atomic mass is 16.5. The minimum atomic E-state index is -0.343. The van der Waals surface area contributed by atoms with Gasteiger partial charge in [0.2, 0.25) is 0 Å². The zero-order valence-corrected chi connectivity index (χ0v) is 10.7. The lowest BCUT2D eigenvalue weighted by Crippen LogP contribution is -2.45. The van der Waals surface area contributed by atoms with Crippen LogP contribution in [0.3, 0.4) is 0 Å². The number of piperazine rings is 1. The summed E-state index contributed by atoms with van der Waals surface area (Å²) in [4.78, 5) is 20.2. The molecule has 1 aromatic heterocycles. The fraction of sp³-hybridized carbons (Fsp3) is 0.538. The average molecular weight is 249 g/mol. The Morgan fingerprint density at radius 2 is 2.11 bits per heavy atom. The summed E-state index contributed by atoms with van der Waals surface area (Å²) in [6.45, 7) is 5.46. The van der Waals surface area contributed by atoms with Crippen molar-refractivity contribution in [3.05, 3.63) is 30.1 Å². The van der Waals surface area contributed by atoms with Crippen LogP contribution in [0.25, 0.3) is 0 Å². The van der Waals surface area contributed by atoms with Crippen LogP contribution >= 0.6 is 0 Å². The summed E-state index contributed by atoms with van der Waals surface area (Å²) in [6, 6.07) is 5.23. The van der Waals surface area contributed by atoms with Crippen molar-refractivity contribution >= 4 is 5.97 Å². The van der Waals surface area contributed by atoms with E-state index < -0.39 is 0 Å². The lowest BCUT2D eigenvalue weighted by atomic mass is 10.3. The quantitative estimate of drug-likeness (QED) is 0.727. The molecule has 0 unspecified atom stereocenters. The van der Waals surface area contributed by atoms with Crippen LogP contribution in [-0.4, -0.2) is 67.1 Å². The van der Waals surface area contributed by atoms with Crippen LogP contribution in [0.15, 0.2) is 24.4 Å². The maximum atomic E-state index is 11.6. The molecule has 5 nitrogen and oxygen atoms in total. The number of pyridine rings is 1. The molecule has 0 aromatic carbocycles. The predicted octanol–water partition coefficient (Wildman–Crippen LogP) is 0.486. The van der Waals surface area contributed by atoms with Crippen LogP contribution in [0, 0.1) is 0 Å². The van der Waals surface area contributed by atoms with Crippen molar-refractivity contribution in [3.63, 3.8) is 0 Å². The number of nitrogens with zero attached hydrogens (tertiary/aromatic N) is 3. The van der Waals surface area contributed by atoms with Gasteiger partial charge in [-0.2, -0.15) is 0 Å². The molecule has 1 saturated heterocycles. The molecular weight excluding hydrogens is 230 g/mol. The molecule has 0 spiro atoms. The molecule has 1 aliphatic heterocycles. The van der Waals surface area contributed by atoms with E-state index in [-0.39, 0.29) is 5.97 Å². The van der Waals surface area contributed by atoms with Crippen LogP contribution < -0.4 is 0 Å². The van der Waals surface area contributed by atoms with E-state index in [4.69, 9.17) is 4.74 Å². The minimum absolute atomic E-state index is 0.343. The van der Waals surface area contributed by atoms with Gasteiger partial charge in [-0.1, -0.05) is 6.07 Å². The van der Waals surface area contributed by atoms with Gasteiger partial charge in [-0.3, -0.25) is 4.90 Å². The zero-order chi connectivity index (χ0) is 12.8. The van der Waals surface area contributed by atoms with Gasteiger partial charge in [0.25, 0.3) is 0 Å². The average Bonchev–Trinajstić information content (AvgIpc) is 2.42. The number of ether oxygens (including phenoxy) is 1. The molecule has 18 heavy (non-hydrogen) atoms. The van der Waals surface area contributed by atoms with Gasteiger partial charge in [0.05, 0.1) is 0 Å².